The highest BCUT2D eigenvalue weighted by Crippen LogP contribution is 2.26. The zero-order valence-corrected chi connectivity index (χ0v) is 14.7. The fraction of sp³-hybridized carbons (Fsp3) is 0.722. The van der Waals surface area contributed by atoms with Gasteiger partial charge in [0.1, 0.15) is 5.82 Å². The number of rotatable bonds is 5. The van der Waals surface area contributed by atoms with Crippen LogP contribution in [-0.2, 0) is 4.79 Å². The van der Waals surface area contributed by atoms with Crippen LogP contribution < -0.4 is 10.2 Å². The molecule has 0 spiro atoms. The summed E-state index contributed by atoms with van der Waals surface area (Å²) in [7, 11) is 2.01. The molecule has 0 aromatic carbocycles. The predicted molar refractivity (Wildman–Crippen MR) is 94.8 cm³/mol. The van der Waals surface area contributed by atoms with Crippen LogP contribution in [0.4, 0.5) is 5.82 Å². The van der Waals surface area contributed by atoms with Gasteiger partial charge in [-0.25, -0.2) is 4.98 Å². The van der Waals surface area contributed by atoms with E-state index in [9.17, 15) is 4.79 Å². The zero-order chi connectivity index (χ0) is 16.8. The molecule has 6 heteroatoms. The molecule has 0 atom stereocenters. The largest absolute Gasteiger partial charge is 0.355 e. The maximum absolute atomic E-state index is 12.8. The van der Waals surface area contributed by atoms with Crippen molar-refractivity contribution < 1.29 is 4.79 Å². The van der Waals surface area contributed by atoms with Gasteiger partial charge in [0.25, 0.3) is 0 Å². The number of carbonyl (C=O) groups excluding carboxylic acids is 1. The van der Waals surface area contributed by atoms with Crippen molar-refractivity contribution in [2.24, 2.45) is 11.8 Å². The fourth-order valence-corrected chi connectivity index (χ4v) is 3.86. The molecule has 24 heavy (non-hydrogen) atoms. The molecule has 1 amide bonds. The van der Waals surface area contributed by atoms with Crippen LogP contribution in [0.1, 0.15) is 32.1 Å². The summed E-state index contributed by atoms with van der Waals surface area (Å²) >= 11 is 0. The molecular formula is C18H29N5O. The number of nitrogens with one attached hydrogen (secondary N) is 1. The summed E-state index contributed by atoms with van der Waals surface area (Å²) < 4.78 is 0. The van der Waals surface area contributed by atoms with Crippen LogP contribution in [0.2, 0.25) is 0 Å². The van der Waals surface area contributed by atoms with Crippen molar-refractivity contribution >= 4 is 11.7 Å². The first kappa shape index (κ1) is 17.1. The fourth-order valence-electron chi connectivity index (χ4n) is 3.86. The van der Waals surface area contributed by atoms with Gasteiger partial charge in [0.2, 0.25) is 5.91 Å². The van der Waals surface area contributed by atoms with Crippen molar-refractivity contribution in [3.63, 3.8) is 0 Å². The Kier molecular flexibility index (Phi) is 6.01. The summed E-state index contributed by atoms with van der Waals surface area (Å²) in [5, 5.41) is 3.22. The van der Waals surface area contributed by atoms with E-state index in [1.807, 2.05) is 7.05 Å². The molecule has 1 aromatic heterocycles. The molecule has 0 radical (unpaired) electrons. The predicted octanol–water partition coefficient (Wildman–Crippen LogP) is 1.54. The number of anilines is 1. The first-order valence-corrected chi connectivity index (χ1v) is 9.22. The molecular weight excluding hydrogens is 302 g/mol. The normalized spacial score (nSPS) is 20.4. The number of amides is 1. The van der Waals surface area contributed by atoms with Gasteiger partial charge in [-0.05, 0) is 51.6 Å². The molecule has 0 aliphatic carbocycles. The van der Waals surface area contributed by atoms with E-state index in [1.54, 1.807) is 18.6 Å². The Balaban J connectivity index is 1.44. The molecule has 2 saturated heterocycles. The monoisotopic (exact) mass is 331 g/mol. The SMILES string of the molecule is CNCCC1CCN(C(=O)C2CCN(c3cnccn3)CC2)CC1. The maximum atomic E-state index is 12.8. The van der Waals surface area contributed by atoms with E-state index in [-0.39, 0.29) is 5.92 Å². The van der Waals surface area contributed by atoms with Crippen LogP contribution in [0.3, 0.4) is 0 Å². The van der Waals surface area contributed by atoms with Gasteiger partial charge in [0, 0.05) is 44.5 Å². The quantitative estimate of drug-likeness (QED) is 0.887. The number of piperidine rings is 2. The second-order valence-electron chi connectivity index (χ2n) is 6.99. The number of hydrogen-bond acceptors (Lipinski definition) is 5. The Morgan fingerprint density at radius 2 is 1.92 bits per heavy atom. The van der Waals surface area contributed by atoms with E-state index in [0.717, 1.165) is 70.1 Å². The summed E-state index contributed by atoms with van der Waals surface area (Å²) in [5.41, 5.74) is 0. The Labute approximate surface area is 144 Å². The minimum Gasteiger partial charge on any atom is -0.355 e. The minimum atomic E-state index is 0.187. The van der Waals surface area contributed by atoms with Gasteiger partial charge in [-0.15, -0.1) is 0 Å². The Morgan fingerprint density at radius 1 is 1.17 bits per heavy atom. The van der Waals surface area contributed by atoms with E-state index < -0.39 is 0 Å². The second-order valence-corrected chi connectivity index (χ2v) is 6.99. The van der Waals surface area contributed by atoms with Crippen molar-refractivity contribution in [3.8, 4) is 0 Å². The topological polar surface area (TPSA) is 61.4 Å². The van der Waals surface area contributed by atoms with Gasteiger partial charge in [-0.3, -0.25) is 9.78 Å². The third kappa shape index (κ3) is 4.23. The molecule has 3 heterocycles. The van der Waals surface area contributed by atoms with E-state index in [0.29, 0.717) is 5.91 Å². The zero-order valence-electron chi connectivity index (χ0n) is 14.7. The van der Waals surface area contributed by atoms with E-state index >= 15 is 0 Å². The molecule has 3 rings (SSSR count). The minimum absolute atomic E-state index is 0.187. The summed E-state index contributed by atoms with van der Waals surface area (Å²) in [6, 6.07) is 0. The number of hydrogen-bond donors (Lipinski definition) is 1. The van der Waals surface area contributed by atoms with Gasteiger partial charge in [0.15, 0.2) is 0 Å². The lowest BCUT2D eigenvalue weighted by Gasteiger charge is -2.37. The highest BCUT2D eigenvalue weighted by Gasteiger charge is 2.31. The Morgan fingerprint density at radius 3 is 2.54 bits per heavy atom. The summed E-state index contributed by atoms with van der Waals surface area (Å²) in [6.07, 6.45) is 10.6. The third-order valence-electron chi connectivity index (χ3n) is 5.45. The van der Waals surface area contributed by atoms with Gasteiger partial charge < -0.3 is 15.1 Å². The van der Waals surface area contributed by atoms with E-state index in [2.05, 4.69) is 25.1 Å². The van der Waals surface area contributed by atoms with Crippen LogP contribution in [-0.4, -0.2) is 60.5 Å². The molecule has 2 aliphatic heterocycles. The van der Waals surface area contributed by atoms with Crippen molar-refractivity contribution in [1.82, 2.24) is 20.2 Å². The van der Waals surface area contributed by atoms with Gasteiger partial charge in [-0.2, -0.15) is 0 Å². The Hall–Kier alpha value is -1.69. The first-order chi connectivity index (χ1) is 11.8. The van der Waals surface area contributed by atoms with Crippen molar-refractivity contribution in [2.75, 3.05) is 44.7 Å². The lowest BCUT2D eigenvalue weighted by Crippen LogP contribution is -2.45. The number of aromatic nitrogens is 2. The molecule has 132 valence electrons. The lowest BCUT2D eigenvalue weighted by molar-refractivity contribution is -0.137. The van der Waals surface area contributed by atoms with Crippen LogP contribution >= 0.6 is 0 Å². The molecule has 2 aliphatic rings. The molecule has 1 N–H and O–H groups in total. The molecule has 0 bridgehead atoms. The number of nitrogens with zero attached hydrogens (tertiary/aromatic N) is 4. The van der Waals surface area contributed by atoms with Gasteiger partial charge in [-0.1, -0.05) is 0 Å². The summed E-state index contributed by atoms with van der Waals surface area (Å²) in [5.74, 6) is 2.27. The molecule has 6 nitrogen and oxygen atoms in total. The standard InChI is InChI=1S/C18H29N5O/c1-19-7-2-15-3-10-23(11-4-15)18(24)16-5-12-22(13-6-16)17-14-20-8-9-21-17/h8-9,14-16,19H,2-7,10-13H2,1H3. The smallest absolute Gasteiger partial charge is 0.225 e. The highest BCUT2D eigenvalue weighted by atomic mass is 16.2. The van der Waals surface area contributed by atoms with Crippen molar-refractivity contribution in [3.05, 3.63) is 18.6 Å². The third-order valence-corrected chi connectivity index (χ3v) is 5.45. The maximum Gasteiger partial charge on any atom is 0.225 e. The molecule has 0 unspecified atom stereocenters. The van der Waals surface area contributed by atoms with Crippen LogP contribution in [0, 0.1) is 11.8 Å². The average Bonchev–Trinajstić information content (AvgIpc) is 2.67. The van der Waals surface area contributed by atoms with Gasteiger partial charge in [0.05, 0.1) is 6.20 Å². The Bertz CT molecular complexity index is 507. The molecule has 0 saturated carbocycles. The van der Waals surface area contributed by atoms with Crippen molar-refractivity contribution in [2.45, 2.75) is 32.1 Å². The second kappa shape index (κ2) is 8.42. The van der Waals surface area contributed by atoms with Crippen LogP contribution in [0.25, 0.3) is 0 Å². The van der Waals surface area contributed by atoms with Crippen molar-refractivity contribution in [1.29, 1.82) is 0 Å². The van der Waals surface area contributed by atoms with E-state index in [1.165, 1.54) is 6.42 Å². The van der Waals surface area contributed by atoms with Gasteiger partial charge >= 0.3 is 0 Å². The highest BCUT2D eigenvalue weighted by molar-refractivity contribution is 5.79. The molecule has 2 fully saturated rings. The summed E-state index contributed by atoms with van der Waals surface area (Å²) in [6.45, 7) is 4.76. The lowest BCUT2D eigenvalue weighted by atomic mass is 9.90. The van der Waals surface area contributed by atoms with Crippen LogP contribution in [0.15, 0.2) is 18.6 Å². The van der Waals surface area contributed by atoms with E-state index in [4.69, 9.17) is 0 Å². The number of carbonyl (C=O) groups is 1. The molecule has 1 aromatic rings. The number of likely N-dealkylation sites (tertiary alicyclic amines) is 1. The summed E-state index contributed by atoms with van der Waals surface area (Å²) in [4.78, 5) is 25.6. The first-order valence-electron chi connectivity index (χ1n) is 9.22. The average molecular weight is 331 g/mol. The van der Waals surface area contributed by atoms with Crippen LogP contribution in [0.5, 0.6) is 0 Å².